The standard InChI is InChI=1S/C16H14N2O6/c1-10-11(16(20)21)5-4-6-12(10)17-15(19)9-24-14-8-3-2-7-13(14)18(22)23/h2-8H,9H2,1H3,(H,17,19)(H,20,21)/p-1. The molecular weight excluding hydrogens is 316 g/mol. The van der Waals surface area contributed by atoms with Gasteiger partial charge in [-0.1, -0.05) is 24.3 Å². The van der Waals surface area contributed by atoms with E-state index in [4.69, 9.17) is 4.74 Å². The van der Waals surface area contributed by atoms with E-state index in [0.717, 1.165) is 0 Å². The van der Waals surface area contributed by atoms with Gasteiger partial charge in [-0.05, 0) is 24.6 Å². The summed E-state index contributed by atoms with van der Waals surface area (Å²) in [6.07, 6.45) is 0. The van der Waals surface area contributed by atoms with Gasteiger partial charge in [0.05, 0.1) is 10.9 Å². The Bertz CT molecular complexity index is 803. The van der Waals surface area contributed by atoms with Crippen LogP contribution in [0, 0.1) is 17.0 Å². The summed E-state index contributed by atoms with van der Waals surface area (Å²) in [5.74, 6) is -1.95. The van der Waals surface area contributed by atoms with Crippen LogP contribution < -0.4 is 15.2 Å². The van der Waals surface area contributed by atoms with Gasteiger partial charge < -0.3 is 20.0 Å². The second-order valence-electron chi connectivity index (χ2n) is 4.83. The van der Waals surface area contributed by atoms with Crippen LogP contribution >= 0.6 is 0 Å². The molecule has 0 radical (unpaired) electrons. The van der Waals surface area contributed by atoms with Crippen LogP contribution in [0.5, 0.6) is 5.75 Å². The van der Waals surface area contributed by atoms with E-state index in [1.807, 2.05) is 0 Å². The smallest absolute Gasteiger partial charge is 0.310 e. The molecule has 2 aromatic rings. The monoisotopic (exact) mass is 329 g/mol. The Morgan fingerprint density at radius 2 is 1.88 bits per heavy atom. The molecule has 0 aromatic heterocycles. The third kappa shape index (κ3) is 3.86. The molecule has 0 heterocycles. The minimum Gasteiger partial charge on any atom is -0.545 e. The molecule has 0 unspecified atom stereocenters. The van der Waals surface area contributed by atoms with Gasteiger partial charge in [0.25, 0.3) is 5.91 Å². The van der Waals surface area contributed by atoms with E-state index in [0.29, 0.717) is 11.3 Å². The van der Waals surface area contributed by atoms with Gasteiger partial charge in [-0.2, -0.15) is 0 Å². The highest BCUT2D eigenvalue weighted by Gasteiger charge is 2.15. The normalized spacial score (nSPS) is 10.0. The van der Waals surface area contributed by atoms with E-state index in [9.17, 15) is 24.8 Å². The number of hydrogen-bond acceptors (Lipinski definition) is 6. The molecule has 0 fully saturated rings. The molecule has 0 bridgehead atoms. The quantitative estimate of drug-likeness (QED) is 0.629. The van der Waals surface area contributed by atoms with Gasteiger partial charge in [-0.25, -0.2) is 0 Å². The lowest BCUT2D eigenvalue weighted by molar-refractivity contribution is -0.385. The van der Waals surface area contributed by atoms with Gasteiger partial charge >= 0.3 is 5.69 Å². The fraction of sp³-hybridized carbons (Fsp3) is 0.125. The number of carboxylic acids is 1. The molecule has 124 valence electrons. The van der Waals surface area contributed by atoms with E-state index in [1.165, 1.54) is 43.3 Å². The first-order chi connectivity index (χ1) is 11.4. The van der Waals surface area contributed by atoms with Crippen molar-refractivity contribution in [3.8, 4) is 5.75 Å². The number of para-hydroxylation sites is 2. The highest BCUT2D eigenvalue weighted by atomic mass is 16.6. The number of amides is 1. The van der Waals surface area contributed by atoms with E-state index < -0.39 is 23.4 Å². The second-order valence-corrected chi connectivity index (χ2v) is 4.83. The van der Waals surface area contributed by atoms with Crippen LogP contribution in [0.25, 0.3) is 0 Å². The molecular formula is C16H13N2O6-. The lowest BCUT2D eigenvalue weighted by Gasteiger charge is -2.13. The summed E-state index contributed by atoms with van der Waals surface area (Å²) in [7, 11) is 0. The first kappa shape index (κ1) is 16.9. The SMILES string of the molecule is Cc1c(NC(=O)COc2ccccc2[N+](=O)[O-])cccc1C(=O)[O-]. The van der Waals surface area contributed by atoms with Crippen molar-refractivity contribution < 1.29 is 24.4 Å². The molecule has 24 heavy (non-hydrogen) atoms. The number of aromatic carboxylic acids is 1. The zero-order valence-electron chi connectivity index (χ0n) is 12.6. The number of nitro groups is 1. The lowest BCUT2D eigenvalue weighted by Crippen LogP contribution is -2.25. The summed E-state index contributed by atoms with van der Waals surface area (Å²) >= 11 is 0. The maximum absolute atomic E-state index is 11.9. The Kier molecular flexibility index (Phi) is 5.10. The van der Waals surface area contributed by atoms with Gasteiger partial charge in [-0.3, -0.25) is 14.9 Å². The van der Waals surface area contributed by atoms with Crippen LogP contribution in [0.2, 0.25) is 0 Å². The first-order valence-corrected chi connectivity index (χ1v) is 6.87. The molecule has 0 aliphatic carbocycles. The minimum absolute atomic E-state index is 0.0298. The number of nitro benzene ring substituents is 1. The Morgan fingerprint density at radius 3 is 2.54 bits per heavy atom. The van der Waals surface area contributed by atoms with Crippen LogP contribution in [-0.4, -0.2) is 23.4 Å². The number of nitrogens with zero attached hydrogens (tertiary/aromatic N) is 1. The van der Waals surface area contributed by atoms with E-state index in [2.05, 4.69) is 5.32 Å². The van der Waals surface area contributed by atoms with Crippen LogP contribution in [-0.2, 0) is 4.79 Å². The molecule has 0 saturated heterocycles. The third-order valence-corrected chi connectivity index (χ3v) is 3.25. The highest BCUT2D eigenvalue weighted by molar-refractivity contribution is 5.96. The van der Waals surface area contributed by atoms with Crippen molar-refractivity contribution in [2.75, 3.05) is 11.9 Å². The summed E-state index contributed by atoms with van der Waals surface area (Å²) < 4.78 is 5.17. The summed E-state index contributed by atoms with van der Waals surface area (Å²) in [5, 5.41) is 24.3. The predicted molar refractivity (Wildman–Crippen MR) is 82.7 cm³/mol. The van der Waals surface area contributed by atoms with E-state index in [-0.39, 0.29) is 17.0 Å². The fourth-order valence-corrected chi connectivity index (χ4v) is 2.05. The Morgan fingerprint density at radius 1 is 1.17 bits per heavy atom. The maximum atomic E-state index is 11.9. The zero-order valence-corrected chi connectivity index (χ0v) is 12.6. The van der Waals surface area contributed by atoms with Crippen LogP contribution in [0.3, 0.4) is 0 Å². The molecule has 2 rings (SSSR count). The van der Waals surface area contributed by atoms with Gasteiger partial charge in [-0.15, -0.1) is 0 Å². The molecule has 8 heteroatoms. The fourth-order valence-electron chi connectivity index (χ4n) is 2.05. The van der Waals surface area contributed by atoms with Gasteiger partial charge in [0, 0.05) is 17.3 Å². The number of ether oxygens (including phenoxy) is 1. The van der Waals surface area contributed by atoms with Crippen molar-refractivity contribution in [1.29, 1.82) is 0 Å². The molecule has 1 N–H and O–H groups in total. The summed E-state index contributed by atoms with van der Waals surface area (Å²) in [4.78, 5) is 33.1. The number of carbonyl (C=O) groups excluding carboxylic acids is 2. The van der Waals surface area contributed by atoms with Crippen molar-refractivity contribution in [2.45, 2.75) is 6.92 Å². The average Bonchev–Trinajstić information content (AvgIpc) is 2.54. The maximum Gasteiger partial charge on any atom is 0.310 e. The van der Waals surface area contributed by atoms with Crippen molar-refractivity contribution in [3.05, 3.63) is 63.7 Å². The lowest BCUT2D eigenvalue weighted by atomic mass is 10.1. The number of hydrogen-bond donors (Lipinski definition) is 1. The van der Waals surface area contributed by atoms with Crippen LogP contribution in [0.4, 0.5) is 11.4 Å². The predicted octanol–water partition coefficient (Wildman–Crippen LogP) is 1.28. The number of nitrogens with one attached hydrogen (secondary N) is 1. The zero-order chi connectivity index (χ0) is 17.7. The van der Waals surface area contributed by atoms with Gasteiger partial charge in [0.15, 0.2) is 12.4 Å². The van der Waals surface area contributed by atoms with Crippen LogP contribution in [0.15, 0.2) is 42.5 Å². The molecule has 0 atom stereocenters. The van der Waals surface area contributed by atoms with E-state index >= 15 is 0 Å². The molecule has 0 saturated carbocycles. The number of carboxylic acid groups (broad SMARTS) is 1. The van der Waals surface area contributed by atoms with E-state index in [1.54, 1.807) is 6.07 Å². The van der Waals surface area contributed by atoms with Crippen molar-refractivity contribution in [2.24, 2.45) is 0 Å². The Labute approximate surface area is 136 Å². The first-order valence-electron chi connectivity index (χ1n) is 6.87. The molecule has 0 spiro atoms. The molecule has 1 amide bonds. The highest BCUT2D eigenvalue weighted by Crippen LogP contribution is 2.25. The number of anilines is 1. The minimum atomic E-state index is -1.35. The molecule has 0 aliphatic heterocycles. The van der Waals surface area contributed by atoms with Crippen molar-refractivity contribution in [3.63, 3.8) is 0 Å². The topological polar surface area (TPSA) is 122 Å². The molecule has 8 nitrogen and oxygen atoms in total. The average molecular weight is 329 g/mol. The summed E-state index contributed by atoms with van der Waals surface area (Å²) in [5.41, 5.74) is 0.359. The summed E-state index contributed by atoms with van der Waals surface area (Å²) in [6.45, 7) is 1.07. The third-order valence-electron chi connectivity index (χ3n) is 3.25. The summed E-state index contributed by atoms with van der Waals surface area (Å²) in [6, 6.07) is 10.0. The second kappa shape index (κ2) is 7.23. The number of rotatable bonds is 6. The Hall–Kier alpha value is -3.42. The van der Waals surface area contributed by atoms with Crippen LogP contribution in [0.1, 0.15) is 15.9 Å². The molecule has 0 aliphatic rings. The van der Waals surface area contributed by atoms with Crippen molar-refractivity contribution in [1.82, 2.24) is 0 Å². The van der Waals surface area contributed by atoms with Crippen molar-refractivity contribution >= 4 is 23.3 Å². The van der Waals surface area contributed by atoms with Gasteiger partial charge in [0.2, 0.25) is 0 Å². The largest absolute Gasteiger partial charge is 0.545 e. The number of carbonyl (C=O) groups is 2. The number of benzene rings is 2. The van der Waals surface area contributed by atoms with Gasteiger partial charge in [0.1, 0.15) is 0 Å². The molecule has 2 aromatic carbocycles. The Balaban J connectivity index is 2.06.